The van der Waals surface area contributed by atoms with Gasteiger partial charge in [0.1, 0.15) is 5.54 Å². The molecule has 0 amide bonds. The molecule has 0 saturated carbocycles. The van der Waals surface area contributed by atoms with Gasteiger partial charge < -0.3 is 5.11 Å². The second kappa shape index (κ2) is 5.45. The maximum atomic E-state index is 10.9. The number of halogens is 1. The number of benzene rings is 1. The number of nitro groups is 1. The van der Waals surface area contributed by atoms with E-state index < -0.39 is 16.4 Å². The van der Waals surface area contributed by atoms with Crippen LogP contribution in [0.2, 0.25) is 0 Å². The number of nitrogens with zero attached hydrogens (tertiary/aromatic N) is 1. The Hall–Kier alpha value is -1.47. The zero-order chi connectivity index (χ0) is 13.9. The third kappa shape index (κ3) is 3.51. The average molecular weight is 317 g/mol. The number of rotatable bonds is 5. The first kappa shape index (κ1) is 14.6. The van der Waals surface area contributed by atoms with Crippen molar-refractivity contribution in [2.45, 2.75) is 25.9 Å². The molecule has 18 heavy (non-hydrogen) atoms. The fourth-order valence-electron chi connectivity index (χ4n) is 1.18. The van der Waals surface area contributed by atoms with Gasteiger partial charge in [-0.1, -0.05) is 15.9 Å². The number of carboxylic acid groups (broad SMARTS) is 1. The van der Waals surface area contributed by atoms with Gasteiger partial charge in [0.15, 0.2) is 0 Å². The zero-order valence-electron chi connectivity index (χ0n) is 9.94. The van der Waals surface area contributed by atoms with Crippen LogP contribution in [-0.2, 0) is 11.3 Å². The van der Waals surface area contributed by atoms with Gasteiger partial charge in [-0.3, -0.25) is 20.2 Å². The van der Waals surface area contributed by atoms with Gasteiger partial charge >= 0.3 is 5.97 Å². The van der Waals surface area contributed by atoms with Crippen LogP contribution in [0.25, 0.3) is 0 Å². The lowest BCUT2D eigenvalue weighted by atomic mass is 10.1. The summed E-state index contributed by atoms with van der Waals surface area (Å²) in [7, 11) is 0. The fourth-order valence-corrected chi connectivity index (χ4v) is 1.69. The van der Waals surface area contributed by atoms with Crippen LogP contribution in [0.15, 0.2) is 22.7 Å². The number of non-ortho nitro benzene ring substituents is 1. The van der Waals surface area contributed by atoms with Crippen molar-refractivity contribution in [3.63, 3.8) is 0 Å². The molecular weight excluding hydrogens is 304 g/mol. The quantitative estimate of drug-likeness (QED) is 0.642. The third-order valence-electron chi connectivity index (χ3n) is 2.50. The van der Waals surface area contributed by atoms with Gasteiger partial charge in [0.25, 0.3) is 5.69 Å². The van der Waals surface area contributed by atoms with Crippen LogP contribution in [0.3, 0.4) is 0 Å². The van der Waals surface area contributed by atoms with Crippen LogP contribution in [0.4, 0.5) is 5.69 Å². The molecule has 0 fully saturated rings. The van der Waals surface area contributed by atoms with Crippen molar-refractivity contribution < 1.29 is 14.8 Å². The number of carbonyl (C=O) groups is 1. The van der Waals surface area contributed by atoms with Crippen molar-refractivity contribution in [1.29, 1.82) is 0 Å². The van der Waals surface area contributed by atoms with Gasteiger partial charge in [0.05, 0.1) is 4.92 Å². The van der Waals surface area contributed by atoms with E-state index in [2.05, 4.69) is 21.2 Å². The van der Waals surface area contributed by atoms with E-state index in [-0.39, 0.29) is 5.69 Å². The van der Waals surface area contributed by atoms with Crippen molar-refractivity contribution in [3.05, 3.63) is 38.3 Å². The molecule has 0 spiro atoms. The molecule has 7 heteroatoms. The molecular formula is C11H13BrN2O4. The van der Waals surface area contributed by atoms with Gasteiger partial charge in [0, 0.05) is 23.2 Å². The summed E-state index contributed by atoms with van der Waals surface area (Å²) < 4.78 is 0.574. The summed E-state index contributed by atoms with van der Waals surface area (Å²) >= 11 is 3.23. The molecule has 0 saturated heterocycles. The van der Waals surface area contributed by atoms with Crippen molar-refractivity contribution in [1.82, 2.24) is 5.32 Å². The Balaban J connectivity index is 2.81. The van der Waals surface area contributed by atoms with E-state index in [0.29, 0.717) is 11.0 Å². The second-order valence-electron chi connectivity index (χ2n) is 4.32. The maximum absolute atomic E-state index is 10.9. The first-order chi connectivity index (χ1) is 8.24. The summed E-state index contributed by atoms with van der Waals surface area (Å²) in [5.41, 5.74) is -0.306. The van der Waals surface area contributed by atoms with Crippen molar-refractivity contribution >= 4 is 27.6 Å². The first-order valence-electron chi connectivity index (χ1n) is 5.15. The molecule has 1 aromatic rings. The third-order valence-corrected chi connectivity index (χ3v) is 3.24. The van der Waals surface area contributed by atoms with Gasteiger partial charge in [-0.05, 0) is 25.5 Å². The number of aliphatic carboxylic acids is 1. The fraction of sp³-hybridized carbons (Fsp3) is 0.364. The number of nitro benzene ring substituents is 1. The Morgan fingerprint density at radius 3 is 2.61 bits per heavy atom. The topological polar surface area (TPSA) is 92.5 Å². The largest absolute Gasteiger partial charge is 0.480 e. The molecule has 0 unspecified atom stereocenters. The Bertz CT molecular complexity index is 488. The van der Waals surface area contributed by atoms with Gasteiger partial charge in [0.2, 0.25) is 0 Å². The standard InChI is InChI=1S/C11H13BrN2O4/c1-11(2,10(15)16)13-6-7-3-4-8(14(17)18)5-9(7)12/h3-5,13H,6H2,1-2H3,(H,15,16). The Morgan fingerprint density at radius 2 is 2.17 bits per heavy atom. The highest BCUT2D eigenvalue weighted by atomic mass is 79.9. The highest BCUT2D eigenvalue weighted by Crippen LogP contribution is 2.23. The number of hydrogen-bond acceptors (Lipinski definition) is 4. The normalized spacial score (nSPS) is 11.3. The number of nitrogens with one attached hydrogen (secondary N) is 1. The SMILES string of the molecule is CC(C)(NCc1ccc([N+](=O)[O-])cc1Br)C(=O)O. The minimum atomic E-state index is -1.05. The molecule has 1 rings (SSSR count). The van der Waals surface area contributed by atoms with Crippen LogP contribution in [0, 0.1) is 10.1 Å². The van der Waals surface area contributed by atoms with Crippen LogP contribution in [0.1, 0.15) is 19.4 Å². The molecule has 1 aromatic carbocycles. The second-order valence-corrected chi connectivity index (χ2v) is 5.17. The van der Waals surface area contributed by atoms with Crippen molar-refractivity contribution in [2.24, 2.45) is 0 Å². The summed E-state index contributed by atoms with van der Waals surface area (Å²) in [5.74, 6) is -0.958. The summed E-state index contributed by atoms with van der Waals surface area (Å²) in [6, 6.07) is 4.37. The molecule has 2 N–H and O–H groups in total. The average Bonchev–Trinajstić information content (AvgIpc) is 2.26. The predicted octanol–water partition coefficient (Wildman–Crippen LogP) is 2.31. The lowest BCUT2D eigenvalue weighted by molar-refractivity contribution is -0.384. The summed E-state index contributed by atoms with van der Waals surface area (Å²) in [6.45, 7) is 3.40. The summed E-state index contributed by atoms with van der Waals surface area (Å²) in [5, 5.41) is 22.4. The molecule has 0 radical (unpaired) electrons. The minimum absolute atomic E-state index is 0.0110. The van der Waals surface area contributed by atoms with Crippen LogP contribution < -0.4 is 5.32 Å². The zero-order valence-corrected chi connectivity index (χ0v) is 11.5. The Morgan fingerprint density at radius 1 is 1.56 bits per heavy atom. The monoisotopic (exact) mass is 316 g/mol. The smallest absolute Gasteiger partial charge is 0.323 e. The Labute approximate surface area is 112 Å². The van der Waals surface area contributed by atoms with Crippen LogP contribution >= 0.6 is 15.9 Å². The lowest BCUT2D eigenvalue weighted by Gasteiger charge is -2.21. The highest BCUT2D eigenvalue weighted by molar-refractivity contribution is 9.10. The van der Waals surface area contributed by atoms with E-state index in [9.17, 15) is 14.9 Å². The van der Waals surface area contributed by atoms with E-state index in [1.165, 1.54) is 12.1 Å². The summed E-state index contributed by atoms with van der Waals surface area (Å²) in [6.07, 6.45) is 0. The molecule has 0 heterocycles. The highest BCUT2D eigenvalue weighted by Gasteiger charge is 2.26. The molecule has 0 aliphatic rings. The molecule has 0 aliphatic heterocycles. The molecule has 0 aliphatic carbocycles. The Kier molecular flexibility index (Phi) is 4.42. The molecule has 0 aromatic heterocycles. The predicted molar refractivity (Wildman–Crippen MR) is 69.4 cm³/mol. The number of hydrogen-bond donors (Lipinski definition) is 2. The first-order valence-corrected chi connectivity index (χ1v) is 5.94. The van der Waals surface area contributed by atoms with E-state index >= 15 is 0 Å². The number of carboxylic acids is 1. The van der Waals surface area contributed by atoms with Gasteiger partial charge in [-0.15, -0.1) is 0 Å². The van der Waals surface area contributed by atoms with Crippen molar-refractivity contribution in [2.75, 3.05) is 0 Å². The minimum Gasteiger partial charge on any atom is -0.480 e. The molecule has 98 valence electrons. The van der Waals surface area contributed by atoms with Crippen molar-refractivity contribution in [3.8, 4) is 0 Å². The van der Waals surface area contributed by atoms with Gasteiger partial charge in [-0.2, -0.15) is 0 Å². The molecule has 0 bridgehead atoms. The van der Waals surface area contributed by atoms with Gasteiger partial charge in [-0.25, -0.2) is 0 Å². The van der Waals surface area contributed by atoms with E-state index in [1.807, 2.05) is 0 Å². The summed E-state index contributed by atoms with van der Waals surface area (Å²) in [4.78, 5) is 21.0. The van der Waals surface area contributed by atoms with E-state index in [1.54, 1.807) is 19.9 Å². The maximum Gasteiger partial charge on any atom is 0.323 e. The van der Waals surface area contributed by atoms with E-state index in [0.717, 1.165) is 5.56 Å². The van der Waals surface area contributed by atoms with E-state index in [4.69, 9.17) is 5.11 Å². The lowest BCUT2D eigenvalue weighted by Crippen LogP contribution is -2.46. The molecule has 6 nitrogen and oxygen atoms in total. The van der Waals surface area contributed by atoms with Crippen LogP contribution in [0.5, 0.6) is 0 Å². The molecule has 0 atom stereocenters. The van der Waals surface area contributed by atoms with Crippen LogP contribution in [-0.4, -0.2) is 21.5 Å².